The molecule has 1 N–H and O–H groups in total. The molecule has 1 aliphatic rings. The quantitative estimate of drug-likeness (QED) is 0.602. The van der Waals surface area contributed by atoms with Crippen LogP contribution in [0.3, 0.4) is 0 Å². The van der Waals surface area contributed by atoms with Gasteiger partial charge in [-0.05, 0) is 25.3 Å². The van der Waals surface area contributed by atoms with Crippen molar-refractivity contribution in [1.29, 1.82) is 0 Å². The van der Waals surface area contributed by atoms with Gasteiger partial charge in [-0.15, -0.1) is 11.3 Å². The topological polar surface area (TPSA) is 78.4 Å². The molecule has 3 aromatic heterocycles. The number of aromatic nitrogens is 3. The molecule has 0 radical (unpaired) electrons. The van der Waals surface area contributed by atoms with Crippen LogP contribution >= 0.6 is 11.3 Å². The van der Waals surface area contributed by atoms with E-state index >= 15 is 0 Å². The zero-order valence-corrected chi connectivity index (χ0v) is 18.6. The van der Waals surface area contributed by atoms with Gasteiger partial charge in [0.25, 0.3) is 0 Å². The van der Waals surface area contributed by atoms with Gasteiger partial charge in [0.15, 0.2) is 6.29 Å². The maximum absolute atomic E-state index is 6.12. The SMILES string of the molecule is COC(CNc1ncnc2c1sc1nc(C(C)C)c3c(c12)CC(C)(C)OC3)OC. The molecule has 0 spiro atoms. The largest absolute Gasteiger partial charge is 0.370 e. The Morgan fingerprint density at radius 1 is 1.21 bits per heavy atom. The number of hydrogen-bond donors (Lipinski definition) is 1. The molecule has 156 valence electrons. The zero-order chi connectivity index (χ0) is 20.8. The summed E-state index contributed by atoms with van der Waals surface area (Å²) < 4.78 is 17.7. The molecule has 4 heterocycles. The average Bonchev–Trinajstić information content (AvgIpc) is 3.06. The molecule has 0 aromatic carbocycles. The number of thiophene rings is 1. The fourth-order valence-corrected chi connectivity index (χ4v) is 5.01. The van der Waals surface area contributed by atoms with Crippen LogP contribution in [0.25, 0.3) is 20.4 Å². The van der Waals surface area contributed by atoms with Crippen molar-refractivity contribution in [3.63, 3.8) is 0 Å². The van der Waals surface area contributed by atoms with Gasteiger partial charge in [-0.1, -0.05) is 13.8 Å². The lowest BCUT2D eigenvalue weighted by Gasteiger charge is -2.33. The number of hydrogen-bond acceptors (Lipinski definition) is 8. The van der Waals surface area contributed by atoms with Crippen LogP contribution in [0.1, 0.15) is 50.4 Å². The highest BCUT2D eigenvalue weighted by Crippen LogP contribution is 2.43. The van der Waals surface area contributed by atoms with E-state index in [1.165, 1.54) is 11.1 Å². The lowest BCUT2D eigenvalue weighted by atomic mass is 9.87. The Balaban J connectivity index is 1.90. The third kappa shape index (κ3) is 3.70. The van der Waals surface area contributed by atoms with E-state index in [1.54, 1.807) is 31.9 Å². The minimum Gasteiger partial charge on any atom is -0.370 e. The first-order valence-electron chi connectivity index (χ1n) is 9.87. The molecule has 8 heteroatoms. The van der Waals surface area contributed by atoms with Crippen LogP contribution in [0.15, 0.2) is 6.33 Å². The molecular weight excluding hydrogens is 388 g/mol. The van der Waals surface area contributed by atoms with Gasteiger partial charge in [-0.25, -0.2) is 15.0 Å². The van der Waals surface area contributed by atoms with Gasteiger partial charge in [-0.3, -0.25) is 0 Å². The fraction of sp³-hybridized carbons (Fsp3) is 0.571. The van der Waals surface area contributed by atoms with Crippen LogP contribution in [-0.4, -0.2) is 47.6 Å². The molecule has 0 fully saturated rings. The highest BCUT2D eigenvalue weighted by atomic mass is 32.1. The van der Waals surface area contributed by atoms with Gasteiger partial charge in [0.05, 0.1) is 34.7 Å². The Bertz CT molecular complexity index is 1040. The van der Waals surface area contributed by atoms with Gasteiger partial charge < -0.3 is 19.5 Å². The Morgan fingerprint density at radius 2 is 1.97 bits per heavy atom. The van der Waals surface area contributed by atoms with E-state index in [1.807, 2.05) is 0 Å². The molecule has 1 aliphatic heterocycles. The second-order valence-corrected chi connectivity index (χ2v) is 9.30. The average molecular weight is 417 g/mol. The number of anilines is 1. The predicted octanol–water partition coefficient (Wildman–Crippen LogP) is 4.25. The lowest BCUT2D eigenvalue weighted by molar-refractivity contribution is -0.0914. The third-order valence-electron chi connectivity index (χ3n) is 5.37. The number of fused-ring (bicyclic) bond motifs is 5. The van der Waals surface area contributed by atoms with Crippen molar-refractivity contribution >= 4 is 37.6 Å². The predicted molar refractivity (Wildman–Crippen MR) is 116 cm³/mol. The van der Waals surface area contributed by atoms with Gasteiger partial charge in [0.1, 0.15) is 17.0 Å². The van der Waals surface area contributed by atoms with Crippen molar-refractivity contribution < 1.29 is 14.2 Å². The summed E-state index contributed by atoms with van der Waals surface area (Å²) in [4.78, 5) is 15.2. The van der Waals surface area contributed by atoms with E-state index in [0.717, 1.165) is 38.4 Å². The van der Waals surface area contributed by atoms with Gasteiger partial charge in [0, 0.05) is 31.6 Å². The van der Waals surface area contributed by atoms with Crippen molar-refractivity contribution in [3.8, 4) is 0 Å². The summed E-state index contributed by atoms with van der Waals surface area (Å²) in [6, 6.07) is 0. The molecule has 0 amide bonds. The van der Waals surface area contributed by atoms with Crippen LogP contribution in [0, 0.1) is 0 Å². The summed E-state index contributed by atoms with van der Waals surface area (Å²) in [5.74, 6) is 1.11. The summed E-state index contributed by atoms with van der Waals surface area (Å²) in [7, 11) is 3.25. The highest BCUT2D eigenvalue weighted by Gasteiger charge is 2.32. The van der Waals surface area contributed by atoms with E-state index in [2.05, 4.69) is 43.0 Å². The van der Waals surface area contributed by atoms with Crippen molar-refractivity contribution in [2.45, 2.75) is 58.5 Å². The number of methoxy groups -OCH3 is 2. The van der Waals surface area contributed by atoms with Crippen molar-refractivity contribution in [2.24, 2.45) is 0 Å². The maximum Gasteiger partial charge on any atom is 0.173 e. The number of nitrogens with zero attached hydrogens (tertiary/aromatic N) is 3. The van der Waals surface area contributed by atoms with Gasteiger partial charge in [-0.2, -0.15) is 0 Å². The first kappa shape index (κ1) is 20.4. The maximum atomic E-state index is 6.12. The van der Waals surface area contributed by atoms with E-state index in [0.29, 0.717) is 19.1 Å². The molecular formula is C21H28N4O3S. The summed E-state index contributed by atoms with van der Waals surface area (Å²) in [6.45, 7) is 9.74. The van der Waals surface area contributed by atoms with E-state index in [-0.39, 0.29) is 11.9 Å². The Kier molecular flexibility index (Phi) is 5.46. The number of ether oxygens (including phenoxy) is 3. The van der Waals surface area contributed by atoms with Crippen molar-refractivity contribution in [2.75, 3.05) is 26.1 Å². The zero-order valence-electron chi connectivity index (χ0n) is 17.8. The van der Waals surface area contributed by atoms with Crippen LogP contribution in [-0.2, 0) is 27.2 Å². The minimum atomic E-state index is -0.342. The second kappa shape index (κ2) is 7.75. The third-order valence-corrected chi connectivity index (χ3v) is 6.45. The second-order valence-electron chi connectivity index (χ2n) is 8.30. The van der Waals surface area contributed by atoms with E-state index < -0.39 is 0 Å². The number of pyridine rings is 1. The molecule has 7 nitrogen and oxygen atoms in total. The van der Waals surface area contributed by atoms with Gasteiger partial charge >= 0.3 is 0 Å². The van der Waals surface area contributed by atoms with Crippen molar-refractivity contribution in [1.82, 2.24) is 15.0 Å². The van der Waals surface area contributed by atoms with Crippen LogP contribution in [0.4, 0.5) is 5.82 Å². The Hall–Kier alpha value is -1.87. The standard InChI is InChI=1S/C21H28N4O3S/c1-11(2)16-13-9-28-21(3,4)7-12(13)15-17-18(29-20(15)25-16)19(24-10-23-17)22-8-14(26-5)27-6/h10-11,14H,7-9H2,1-6H3,(H,22,23,24). The van der Waals surface area contributed by atoms with E-state index in [4.69, 9.17) is 19.2 Å². The molecule has 3 aromatic rings. The Morgan fingerprint density at radius 3 is 2.66 bits per heavy atom. The number of nitrogens with one attached hydrogen (secondary N) is 1. The van der Waals surface area contributed by atoms with Crippen molar-refractivity contribution in [3.05, 3.63) is 23.1 Å². The monoisotopic (exact) mass is 416 g/mol. The molecule has 0 bridgehead atoms. The van der Waals surface area contributed by atoms with Crippen LogP contribution in [0.5, 0.6) is 0 Å². The first-order chi connectivity index (χ1) is 13.8. The first-order valence-corrected chi connectivity index (χ1v) is 10.7. The molecule has 0 atom stereocenters. The summed E-state index contributed by atoms with van der Waals surface area (Å²) in [5.41, 5.74) is 4.40. The van der Waals surface area contributed by atoms with Crippen LogP contribution < -0.4 is 5.32 Å². The Labute approximate surface area is 174 Å². The number of rotatable bonds is 6. The molecule has 4 rings (SSSR count). The molecule has 29 heavy (non-hydrogen) atoms. The summed E-state index contributed by atoms with van der Waals surface area (Å²) in [6.07, 6.45) is 2.11. The molecule has 0 unspecified atom stereocenters. The normalized spacial score (nSPS) is 16.1. The molecule has 0 aliphatic carbocycles. The smallest absolute Gasteiger partial charge is 0.173 e. The molecule has 0 saturated heterocycles. The highest BCUT2D eigenvalue weighted by molar-refractivity contribution is 7.26. The minimum absolute atomic E-state index is 0.206. The van der Waals surface area contributed by atoms with Crippen LogP contribution in [0.2, 0.25) is 0 Å². The van der Waals surface area contributed by atoms with Gasteiger partial charge in [0.2, 0.25) is 0 Å². The summed E-state index contributed by atoms with van der Waals surface area (Å²) in [5, 5.41) is 4.48. The summed E-state index contributed by atoms with van der Waals surface area (Å²) >= 11 is 1.64. The lowest BCUT2D eigenvalue weighted by Crippen LogP contribution is -2.32. The fourth-order valence-electron chi connectivity index (χ4n) is 3.88. The van der Waals surface area contributed by atoms with E-state index in [9.17, 15) is 0 Å². The molecule has 0 saturated carbocycles.